The minimum absolute atomic E-state index is 0.0703. The topological polar surface area (TPSA) is 9.86 Å². The number of nitrogens with zero attached hydrogens (tertiary/aromatic N) is 2. The van der Waals surface area contributed by atoms with Gasteiger partial charge in [-0.15, -0.1) is 0 Å². The minimum Gasteiger partial charge on any atom is -0.375 e. The maximum Gasteiger partial charge on any atom is 0.330 e. The van der Waals surface area contributed by atoms with Gasteiger partial charge in [-0.3, -0.25) is 0 Å². The van der Waals surface area contributed by atoms with Crippen molar-refractivity contribution in [3.63, 3.8) is 0 Å². The highest BCUT2D eigenvalue weighted by molar-refractivity contribution is 6.93. The van der Waals surface area contributed by atoms with Crippen molar-refractivity contribution >= 4 is 79.2 Å². The van der Waals surface area contributed by atoms with E-state index in [1.54, 1.807) is 0 Å². The zero-order valence-corrected chi connectivity index (χ0v) is 31.4. The third-order valence-electron chi connectivity index (χ3n) is 14.1. The van der Waals surface area contributed by atoms with Crippen molar-refractivity contribution in [2.24, 2.45) is 0 Å². The molecule has 11 aromatic rings. The zero-order valence-electron chi connectivity index (χ0n) is 31.4. The molecule has 0 fully saturated rings. The van der Waals surface area contributed by atoms with Crippen LogP contribution in [-0.4, -0.2) is 22.7 Å². The molecule has 4 aliphatic heterocycles. The second-order valence-electron chi connectivity index (χ2n) is 16.7. The predicted octanol–water partition coefficient (Wildman–Crippen LogP) is 10.5. The number of hydrogen-bond donors (Lipinski definition) is 0. The smallest absolute Gasteiger partial charge is 0.330 e. The summed E-state index contributed by atoms with van der Waals surface area (Å²) in [5.41, 5.74) is 26.8. The molecule has 6 heterocycles. The number of aromatic nitrogens is 2. The molecule has 0 radical (unpaired) electrons. The molecule has 9 aromatic carbocycles. The Morgan fingerprint density at radius 2 is 0.690 bits per heavy atom. The van der Waals surface area contributed by atoms with Crippen LogP contribution in [0.25, 0.3) is 110 Å². The molecule has 0 aliphatic carbocycles. The van der Waals surface area contributed by atoms with Crippen LogP contribution in [0.2, 0.25) is 0 Å². The van der Waals surface area contributed by atoms with Crippen molar-refractivity contribution in [2.75, 3.05) is 0 Å². The van der Waals surface area contributed by atoms with Gasteiger partial charge in [0.25, 0.3) is 0 Å². The van der Waals surface area contributed by atoms with Crippen molar-refractivity contribution < 1.29 is 0 Å². The van der Waals surface area contributed by atoms with Crippen LogP contribution in [0.4, 0.5) is 0 Å². The fraction of sp³-hybridized carbons (Fsp3) is 0. The molecule has 262 valence electrons. The lowest BCUT2D eigenvalue weighted by Gasteiger charge is -2.30. The minimum atomic E-state index is 0.0703. The monoisotopic (exact) mass is 728 g/mol. The first-order valence-corrected chi connectivity index (χ1v) is 20.5. The van der Waals surface area contributed by atoms with Gasteiger partial charge in [-0.05, 0) is 114 Å². The molecule has 58 heavy (non-hydrogen) atoms. The normalized spacial score (nSPS) is 13.4. The SMILES string of the molecule is c1ccc(-c2cc3c4c(c2)-c2c5c6ccccc6n6c5c(c5c7ccccc7n(c25)B4c2ccccc2-3)-c2cc(-c3ccccc3)cc3c2B6c2ccccc2-3)cc1. The summed E-state index contributed by atoms with van der Waals surface area (Å²) in [6, 6.07) is 68.8. The highest BCUT2D eigenvalue weighted by Gasteiger charge is 2.47. The third kappa shape index (κ3) is 3.40. The van der Waals surface area contributed by atoms with E-state index in [4.69, 9.17) is 0 Å². The molecule has 2 aromatic heterocycles. The predicted molar refractivity (Wildman–Crippen MR) is 246 cm³/mol. The lowest BCUT2D eigenvalue weighted by atomic mass is 9.49. The van der Waals surface area contributed by atoms with Gasteiger partial charge >= 0.3 is 13.7 Å². The zero-order chi connectivity index (χ0) is 37.4. The van der Waals surface area contributed by atoms with E-state index in [2.05, 4.69) is 191 Å². The molecule has 0 bridgehead atoms. The summed E-state index contributed by atoms with van der Waals surface area (Å²) in [6.45, 7) is 0.141. The van der Waals surface area contributed by atoms with Crippen molar-refractivity contribution in [2.45, 2.75) is 0 Å². The summed E-state index contributed by atoms with van der Waals surface area (Å²) in [5, 5.41) is 5.38. The number of fused-ring (bicyclic) bond motifs is 18. The fourth-order valence-electron chi connectivity index (χ4n) is 12.0. The van der Waals surface area contributed by atoms with Gasteiger partial charge in [0.1, 0.15) is 0 Å². The van der Waals surface area contributed by atoms with Crippen LogP contribution >= 0.6 is 0 Å². The van der Waals surface area contributed by atoms with E-state index < -0.39 is 0 Å². The van der Waals surface area contributed by atoms with Crippen molar-refractivity contribution in [1.29, 1.82) is 0 Å². The second kappa shape index (κ2) is 10.4. The van der Waals surface area contributed by atoms with E-state index in [0.29, 0.717) is 0 Å². The molecule has 4 heteroatoms. The average Bonchev–Trinajstić information content (AvgIpc) is 4.02. The molecule has 0 N–H and O–H groups in total. The summed E-state index contributed by atoms with van der Waals surface area (Å²) in [7, 11) is 0. The first kappa shape index (κ1) is 29.9. The lowest BCUT2D eigenvalue weighted by Crippen LogP contribution is -2.48. The molecule has 2 nitrogen and oxygen atoms in total. The summed E-state index contributed by atoms with van der Waals surface area (Å²) >= 11 is 0. The first-order chi connectivity index (χ1) is 28.8. The molecule has 4 aliphatic rings. The van der Waals surface area contributed by atoms with Gasteiger partial charge in [0.2, 0.25) is 0 Å². The van der Waals surface area contributed by atoms with Gasteiger partial charge in [0.05, 0.1) is 0 Å². The first-order valence-electron chi connectivity index (χ1n) is 20.5. The highest BCUT2D eigenvalue weighted by atomic mass is 15.0. The van der Waals surface area contributed by atoms with E-state index in [1.165, 1.54) is 132 Å². The van der Waals surface area contributed by atoms with Crippen LogP contribution in [0.5, 0.6) is 0 Å². The Morgan fingerprint density at radius 1 is 0.310 bits per heavy atom. The van der Waals surface area contributed by atoms with Crippen LogP contribution in [0.1, 0.15) is 0 Å². The highest BCUT2D eigenvalue weighted by Crippen LogP contribution is 2.55. The standard InChI is InChI=1S/C54H30B2N2/c1-3-15-31(16-4-1)33-27-39-35-19-7-11-23-43(35)55-51(39)41(29-33)49-47-37-21-9-13-25-45(37)58-54(47)50(48-38-22-10-14-26-46(38)57(55)53(48)49)42-30-34(32-17-5-2-6-18-32)28-40-36-20-8-12-24-44(36)56(58)52(40)42/h1-30H. The van der Waals surface area contributed by atoms with Gasteiger partial charge < -0.3 is 8.96 Å². The lowest BCUT2D eigenvalue weighted by molar-refractivity contribution is 1.33. The van der Waals surface area contributed by atoms with Crippen LogP contribution in [0, 0.1) is 0 Å². The Labute approximate surface area is 335 Å². The summed E-state index contributed by atoms with van der Waals surface area (Å²) in [4.78, 5) is 0. The van der Waals surface area contributed by atoms with Crippen LogP contribution in [-0.2, 0) is 0 Å². The number of para-hydroxylation sites is 2. The molecule has 0 amide bonds. The van der Waals surface area contributed by atoms with Crippen molar-refractivity contribution in [3.05, 3.63) is 182 Å². The number of benzene rings is 9. The Kier molecular flexibility index (Phi) is 5.34. The van der Waals surface area contributed by atoms with E-state index in [9.17, 15) is 0 Å². The fourth-order valence-corrected chi connectivity index (χ4v) is 12.0. The van der Waals surface area contributed by atoms with Crippen molar-refractivity contribution in [3.8, 4) is 66.8 Å². The van der Waals surface area contributed by atoms with Gasteiger partial charge in [-0.1, -0.05) is 146 Å². The Bertz CT molecular complexity index is 3440. The Morgan fingerprint density at radius 3 is 1.16 bits per heavy atom. The largest absolute Gasteiger partial charge is 0.375 e. The van der Waals surface area contributed by atoms with E-state index in [1.807, 2.05) is 0 Å². The summed E-state index contributed by atoms with van der Waals surface area (Å²) in [5.74, 6) is 0. The van der Waals surface area contributed by atoms with E-state index >= 15 is 0 Å². The maximum absolute atomic E-state index is 2.74. The van der Waals surface area contributed by atoms with Gasteiger partial charge in [-0.25, -0.2) is 0 Å². The van der Waals surface area contributed by atoms with Crippen LogP contribution < -0.4 is 21.9 Å². The number of hydrogen-bond acceptors (Lipinski definition) is 0. The maximum atomic E-state index is 2.74. The van der Waals surface area contributed by atoms with E-state index in [0.717, 1.165) is 0 Å². The molecule has 0 saturated carbocycles. The molecular formula is C54H30B2N2. The third-order valence-corrected chi connectivity index (χ3v) is 14.1. The molecule has 0 saturated heterocycles. The van der Waals surface area contributed by atoms with E-state index in [-0.39, 0.29) is 13.7 Å². The second-order valence-corrected chi connectivity index (χ2v) is 16.7. The van der Waals surface area contributed by atoms with Crippen molar-refractivity contribution in [1.82, 2.24) is 8.96 Å². The van der Waals surface area contributed by atoms with Crippen LogP contribution in [0.3, 0.4) is 0 Å². The quantitative estimate of drug-likeness (QED) is 0.157. The summed E-state index contributed by atoms with van der Waals surface area (Å²) in [6.07, 6.45) is 0. The molecule has 0 atom stereocenters. The molecule has 15 rings (SSSR count). The Balaban J connectivity index is 1.22. The molecule has 0 spiro atoms. The molecule has 0 unspecified atom stereocenters. The van der Waals surface area contributed by atoms with Crippen LogP contribution in [0.15, 0.2) is 182 Å². The van der Waals surface area contributed by atoms with Gasteiger partial charge in [-0.2, -0.15) is 0 Å². The van der Waals surface area contributed by atoms with Gasteiger partial charge in [0.15, 0.2) is 0 Å². The molecular weight excluding hydrogens is 698 g/mol. The summed E-state index contributed by atoms with van der Waals surface area (Å²) < 4.78 is 5.48. The average molecular weight is 728 g/mol. The van der Waals surface area contributed by atoms with Gasteiger partial charge in [0, 0.05) is 54.7 Å². The Hall–Kier alpha value is -7.29. The number of rotatable bonds is 2.